The highest BCUT2D eigenvalue weighted by Crippen LogP contribution is 2.21. The highest BCUT2D eigenvalue weighted by molar-refractivity contribution is 6.17. The molecule has 0 aliphatic heterocycles. The molecule has 1 aromatic carbocycles. The van der Waals surface area contributed by atoms with Crippen LogP contribution in [0.2, 0.25) is 0 Å². The smallest absolute Gasteiger partial charge is 0.142 e. The molecular weight excluding hydrogens is 279 g/mol. The Balaban J connectivity index is 2.21. The molecule has 1 aromatic heterocycles. The Bertz CT molecular complexity index is 667. The number of pyridine rings is 1. The quantitative estimate of drug-likeness (QED) is 0.806. The van der Waals surface area contributed by atoms with E-state index in [0.29, 0.717) is 22.6 Å². The van der Waals surface area contributed by atoms with Crippen LogP contribution in [0.1, 0.15) is 22.5 Å². The number of nitrogens with zero attached hydrogens (tertiary/aromatic N) is 2. The molecule has 0 spiro atoms. The molecule has 0 saturated carbocycles. The Morgan fingerprint density at radius 3 is 2.85 bits per heavy atom. The van der Waals surface area contributed by atoms with Gasteiger partial charge in [0.1, 0.15) is 18.2 Å². The van der Waals surface area contributed by atoms with Crippen molar-refractivity contribution in [2.24, 2.45) is 0 Å². The first-order valence-corrected chi connectivity index (χ1v) is 6.51. The maximum Gasteiger partial charge on any atom is 0.142 e. The summed E-state index contributed by atoms with van der Waals surface area (Å²) in [6, 6.07) is 9.56. The van der Waals surface area contributed by atoms with Crippen LogP contribution in [-0.2, 0) is 12.5 Å². The zero-order valence-electron chi connectivity index (χ0n) is 10.9. The molecule has 3 nitrogen and oxygen atoms in total. The third-order valence-corrected chi connectivity index (χ3v) is 3.02. The second-order valence-corrected chi connectivity index (χ2v) is 4.50. The van der Waals surface area contributed by atoms with E-state index in [4.69, 9.17) is 21.6 Å². The fourth-order valence-corrected chi connectivity index (χ4v) is 1.96. The molecule has 0 unspecified atom stereocenters. The molecule has 5 heteroatoms. The fourth-order valence-electron chi connectivity index (χ4n) is 1.77. The number of halogens is 2. The van der Waals surface area contributed by atoms with Crippen molar-refractivity contribution in [3.05, 3.63) is 58.7 Å². The van der Waals surface area contributed by atoms with Gasteiger partial charge in [-0.1, -0.05) is 0 Å². The van der Waals surface area contributed by atoms with Crippen LogP contribution in [-0.4, -0.2) is 4.98 Å². The largest absolute Gasteiger partial charge is 0.487 e. The molecule has 0 aliphatic carbocycles. The van der Waals surface area contributed by atoms with Crippen LogP contribution >= 0.6 is 11.6 Å². The molecule has 0 amide bonds. The SMILES string of the molecule is Cc1ccc(OCc2cc(F)ccc2C#N)c(CCl)n1. The van der Waals surface area contributed by atoms with Crippen LogP contribution in [0.3, 0.4) is 0 Å². The van der Waals surface area contributed by atoms with Crippen LogP contribution in [0.15, 0.2) is 30.3 Å². The number of hydrogen-bond donors (Lipinski definition) is 0. The number of hydrogen-bond acceptors (Lipinski definition) is 3. The molecule has 2 rings (SSSR count). The number of benzene rings is 1. The zero-order valence-corrected chi connectivity index (χ0v) is 11.6. The van der Waals surface area contributed by atoms with E-state index in [9.17, 15) is 4.39 Å². The number of aromatic nitrogens is 1. The fraction of sp³-hybridized carbons (Fsp3) is 0.200. The van der Waals surface area contributed by atoms with Crippen molar-refractivity contribution < 1.29 is 9.13 Å². The monoisotopic (exact) mass is 290 g/mol. The maximum absolute atomic E-state index is 13.2. The maximum atomic E-state index is 13.2. The van der Waals surface area contributed by atoms with Gasteiger partial charge in [-0.15, -0.1) is 11.6 Å². The second-order valence-electron chi connectivity index (χ2n) is 4.23. The lowest BCUT2D eigenvalue weighted by Gasteiger charge is -2.11. The topological polar surface area (TPSA) is 45.9 Å². The second kappa shape index (κ2) is 6.36. The average molecular weight is 291 g/mol. The van der Waals surface area contributed by atoms with E-state index >= 15 is 0 Å². The summed E-state index contributed by atoms with van der Waals surface area (Å²) in [5.41, 5.74) is 2.35. The van der Waals surface area contributed by atoms with Gasteiger partial charge in [0.2, 0.25) is 0 Å². The van der Waals surface area contributed by atoms with Crippen molar-refractivity contribution >= 4 is 11.6 Å². The Morgan fingerprint density at radius 1 is 1.35 bits per heavy atom. The van der Waals surface area contributed by atoms with Crippen molar-refractivity contribution in [3.63, 3.8) is 0 Å². The van der Waals surface area contributed by atoms with Crippen molar-refractivity contribution in [3.8, 4) is 11.8 Å². The number of ether oxygens (including phenoxy) is 1. The lowest BCUT2D eigenvalue weighted by molar-refractivity contribution is 0.301. The molecule has 0 fully saturated rings. The third kappa shape index (κ3) is 3.25. The van der Waals surface area contributed by atoms with E-state index < -0.39 is 5.82 Å². The van der Waals surface area contributed by atoms with Gasteiger partial charge in [0, 0.05) is 11.3 Å². The Labute approximate surface area is 121 Å². The van der Waals surface area contributed by atoms with E-state index in [-0.39, 0.29) is 12.5 Å². The molecule has 0 radical (unpaired) electrons. The molecule has 0 aliphatic rings. The predicted molar refractivity (Wildman–Crippen MR) is 74.0 cm³/mol. The van der Waals surface area contributed by atoms with Gasteiger partial charge in [-0.05, 0) is 37.3 Å². The van der Waals surface area contributed by atoms with Gasteiger partial charge in [-0.25, -0.2) is 4.39 Å². The van der Waals surface area contributed by atoms with E-state index in [1.54, 1.807) is 6.07 Å². The third-order valence-electron chi connectivity index (χ3n) is 2.77. The van der Waals surface area contributed by atoms with E-state index in [1.807, 2.05) is 19.1 Å². The summed E-state index contributed by atoms with van der Waals surface area (Å²) < 4.78 is 18.8. The molecule has 102 valence electrons. The zero-order chi connectivity index (χ0) is 14.5. The molecule has 0 atom stereocenters. The summed E-state index contributed by atoms with van der Waals surface area (Å²) in [4.78, 5) is 4.27. The summed E-state index contributed by atoms with van der Waals surface area (Å²) in [6.07, 6.45) is 0. The Morgan fingerprint density at radius 2 is 2.15 bits per heavy atom. The van der Waals surface area contributed by atoms with Crippen molar-refractivity contribution in [2.45, 2.75) is 19.4 Å². The lowest BCUT2D eigenvalue weighted by atomic mass is 10.1. The van der Waals surface area contributed by atoms with Crippen molar-refractivity contribution in [1.82, 2.24) is 4.98 Å². The Kier molecular flexibility index (Phi) is 4.54. The highest BCUT2D eigenvalue weighted by Gasteiger charge is 2.08. The first kappa shape index (κ1) is 14.3. The van der Waals surface area contributed by atoms with Crippen LogP contribution in [0.4, 0.5) is 4.39 Å². The predicted octanol–water partition coefficient (Wildman–Crippen LogP) is 3.72. The van der Waals surface area contributed by atoms with Gasteiger partial charge in [0.15, 0.2) is 0 Å². The normalized spacial score (nSPS) is 10.1. The standard InChI is InChI=1S/C15H12ClFN2O/c1-10-2-5-15(14(7-16)19-10)20-9-12-6-13(17)4-3-11(12)8-18/h2-6H,7,9H2,1H3. The summed E-state index contributed by atoms with van der Waals surface area (Å²) in [5.74, 6) is 0.367. The van der Waals surface area contributed by atoms with Crippen molar-refractivity contribution in [1.29, 1.82) is 5.26 Å². The molecule has 0 N–H and O–H groups in total. The van der Waals surface area contributed by atoms with Crippen LogP contribution < -0.4 is 4.74 Å². The molecular formula is C15H12ClFN2O. The van der Waals surface area contributed by atoms with E-state index in [0.717, 1.165) is 5.69 Å². The van der Waals surface area contributed by atoms with Gasteiger partial charge < -0.3 is 4.74 Å². The minimum atomic E-state index is -0.401. The van der Waals surface area contributed by atoms with E-state index in [1.165, 1.54) is 18.2 Å². The minimum Gasteiger partial charge on any atom is -0.487 e. The summed E-state index contributed by atoms with van der Waals surface area (Å²) in [5, 5.41) is 8.98. The van der Waals surface area contributed by atoms with Gasteiger partial charge in [-0.2, -0.15) is 5.26 Å². The summed E-state index contributed by atoms with van der Waals surface area (Å²) >= 11 is 5.81. The average Bonchev–Trinajstić information content (AvgIpc) is 2.46. The molecule has 2 aromatic rings. The Hall–Kier alpha value is -2.12. The van der Waals surface area contributed by atoms with Crippen molar-refractivity contribution in [2.75, 3.05) is 0 Å². The molecule has 0 bridgehead atoms. The number of rotatable bonds is 4. The number of nitriles is 1. The van der Waals surface area contributed by atoms with Gasteiger partial charge in [0.25, 0.3) is 0 Å². The summed E-state index contributed by atoms with van der Waals surface area (Å²) in [7, 11) is 0. The minimum absolute atomic E-state index is 0.0925. The first-order chi connectivity index (χ1) is 9.63. The lowest BCUT2D eigenvalue weighted by Crippen LogP contribution is -2.02. The van der Waals surface area contributed by atoms with Crippen LogP contribution in [0.25, 0.3) is 0 Å². The first-order valence-electron chi connectivity index (χ1n) is 5.98. The van der Waals surface area contributed by atoms with Gasteiger partial charge >= 0.3 is 0 Å². The summed E-state index contributed by atoms with van der Waals surface area (Å²) in [6.45, 7) is 1.95. The van der Waals surface area contributed by atoms with Gasteiger partial charge in [0.05, 0.1) is 23.2 Å². The number of aryl methyl sites for hydroxylation is 1. The van der Waals surface area contributed by atoms with Crippen LogP contribution in [0.5, 0.6) is 5.75 Å². The molecule has 0 saturated heterocycles. The van der Waals surface area contributed by atoms with Crippen LogP contribution in [0, 0.1) is 24.1 Å². The molecule has 1 heterocycles. The number of alkyl halides is 1. The molecule has 20 heavy (non-hydrogen) atoms. The van der Waals surface area contributed by atoms with Gasteiger partial charge in [-0.3, -0.25) is 4.98 Å². The highest BCUT2D eigenvalue weighted by atomic mass is 35.5. The van der Waals surface area contributed by atoms with E-state index in [2.05, 4.69) is 4.98 Å².